The fraction of sp³-hybridized carbons (Fsp3) is 0. The molecular weight excluding hydrogens is 317 g/mol. The highest BCUT2D eigenvalue weighted by atomic mass is 35.5. The van der Waals surface area contributed by atoms with Crippen LogP contribution in [-0.2, 0) is 0 Å². The summed E-state index contributed by atoms with van der Waals surface area (Å²) in [6.07, 6.45) is 0. The molecule has 0 unspecified atom stereocenters. The largest absolute Gasteiger partial charge is 0.397 e. The summed E-state index contributed by atoms with van der Waals surface area (Å²) >= 11 is 12.5. The monoisotopic (exact) mass is 322 g/mol. The van der Waals surface area contributed by atoms with E-state index in [1.165, 1.54) is 6.07 Å². The molecule has 0 bridgehead atoms. The molecule has 19 heavy (non-hydrogen) atoms. The van der Waals surface area contributed by atoms with Crippen LogP contribution >= 0.6 is 34.5 Å². The van der Waals surface area contributed by atoms with Crippen molar-refractivity contribution < 1.29 is 13.6 Å². The predicted molar refractivity (Wildman–Crippen MR) is 73.1 cm³/mol. The maximum Gasteiger partial charge on any atom is 0.258 e. The number of carbonyl (C=O) groups excluding carboxylic acids is 1. The number of anilines is 2. The normalized spacial score (nSPS) is 10.5. The van der Waals surface area contributed by atoms with Crippen molar-refractivity contribution in [3.63, 3.8) is 0 Å². The molecule has 100 valence electrons. The molecule has 8 heteroatoms. The molecule has 1 amide bonds. The van der Waals surface area contributed by atoms with Crippen molar-refractivity contribution >= 4 is 51.8 Å². The summed E-state index contributed by atoms with van der Waals surface area (Å²) in [4.78, 5) is 11.9. The number of amides is 1. The Labute approximate surface area is 120 Å². The minimum Gasteiger partial charge on any atom is -0.397 e. The van der Waals surface area contributed by atoms with Crippen LogP contribution in [0.3, 0.4) is 0 Å². The van der Waals surface area contributed by atoms with E-state index in [0.717, 1.165) is 23.5 Å². The van der Waals surface area contributed by atoms with Gasteiger partial charge < -0.3 is 11.1 Å². The van der Waals surface area contributed by atoms with Gasteiger partial charge in [-0.15, -0.1) is 11.3 Å². The molecule has 0 spiro atoms. The van der Waals surface area contributed by atoms with E-state index in [0.29, 0.717) is 4.34 Å². The number of carbonyl (C=O) groups is 1. The highest BCUT2D eigenvalue weighted by molar-refractivity contribution is 7.20. The van der Waals surface area contributed by atoms with Crippen molar-refractivity contribution in [2.45, 2.75) is 0 Å². The SMILES string of the molecule is Nc1ccc(F)c(F)c1NC(=O)c1cc(Cl)sc1Cl. The number of hydrogen-bond donors (Lipinski definition) is 2. The van der Waals surface area contributed by atoms with Gasteiger partial charge in [0.25, 0.3) is 5.91 Å². The van der Waals surface area contributed by atoms with Gasteiger partial charge in [0.2, 0.25) is 0 Å². The minimum absolute atomic E-state index is 0.0692. The zero-order valence-corrected chi connectivity index (χ0v) is 11.5. The second-order valence-electron chi connectivity index (χ2n) is 3.52. The van der Waals surface area contributed by atoms with Crippen LogP contribution in [0.4, 0.5) is 20.2 Å². The van der Waals surface area contributed by atoms with Gasteiger partial charge in [0.15, 0.2) is 11.6 Å². The zero-order chi connectivity index (χ0) is 14.2. The Morgan fingerprint density at radius 2 is 2.00 bits per heavy atom. The topological polar surface area (TPSA) is 55.1 Å². The molecule has 0 aliphatic carbocycles. The fourth-order valence-corrected chi connectivity index (χ4v) is 2.83. The Morgan fingerprint density at radius 3 is 2.58 bits per heavy atom. The van der Waals surface area contributed by atoms with Gasteiger partial charge in [-0.25, -0.2) is 8.78 Å². The van der Waals surface area contributed by atoms with Crippen molar-refractivity contribution in [3.8, 4) is 0 Å². The molecular formula is C11H6Cl2F2N2OS. The van der Waals surface area contributed by atoms with Crippen molar-refractivity contribution in [3.05, 3.63) is 44.1 Å². The first kappa shape index (κ1) is 14.0. The third kappa shape index (κ3) is 2.80. The van der Waals surface area contributed by atoms with Gasteiger partial charge in [0.1, 0.15) is 10.0 Å². The molecule has 1 heterocycles. The maximum atomic E-state index is 13.5. The number of nitrogens with one attached hydrogen (secondary N) is 1. The molecule has 0 saturated carbocycles. The Hall–Kier alpha value is -1.37. The summed E-state index contributed by atoms with van der Waals surface area (Å²) < 4.78 is 27.0. The van der Waals surface area contributed by atoms with Crippen molar-refractivity contribution in [1.82, 2.24) is 0 Å². The maximum absolute atomic E-state index is 13.5. The average Bonchev–Trinajstić information content (AvgIpc) is 2.69. The number of thiophene rings is 1. The standard InChI is InChI=1S/C11H6Cl2F2N2OS/c12-7-3-4(10(13)19-7)11(18)17-9-6(16)2-1-5(14)8(9)15/h1-3H,16H2,(H,17,18). The molecule has 1 aromatic carbocycles. The molecule has 0 aliphatic heterocycles. The highest BCUT2D eigenvalue weighted by Gasteiger charge is 2.19. The first-order chi connectivity index (χ1) is 8.90. The Kier molecular flexibility index (Phi) is 3.93. The predicted octanol–water partition coefficient (Wildman–Crippen LogP) is 4.17. The van der Waals surface area contributed by atoms with Crippen LogP contribution in [0.1, 0.15) is 10.4 Å². The molecule has 1 aromatic heterocycles. The van der Waals surface area contributed by atoms with Crippen molar-refractivity contribution in [2.24, 2.45) is 0 Å². The van der Waals surface area contributed by atoms with E-state index in [4.69, 9.17) is 28.9 Å². The molecule has 2 aromatic rings. The van der Waals surface area contributed by atoms with Gasteiger partial charge in [-0.3, -0.25) is 4.79 Å². The van der Waals surface area contributed by atoms with E-state index >= 15 is 0 Å². The second-order valence-corrected chi connectivity index (χ2v) is 5.80. The number of hydrogen-bond acceptors (Lipinski definition) is 3. The third-order valence-electron chi connectivity index (χ3n) is 2.27. The average molecular weight is 323 g/mol. The van der Waals surface area contributed by atoms with Gasteiger partial charge in [-0.1, -0.05) is 23.2 Å². The Balaban J connectivity index is 2.34. The van der Waals surface area contributed by atoms with Crippen LogP contribution in [0.15, 0.2) is 18.2 Å². The number of halogens is 4. The number of nitrogen functional groups attached to an aromatic ring is 1. The molecule has 3 nitrogen and oxygen atoms in total. The van der Waals surface area contributed by atoms with E-state index in [2.05, 4.69) is 5.32 Å². The minimum atomic E-state index is -1.23. The Morgan fingerprint density at radius 1 is 1.32 bits per heavy atom. The van der Waals surface area contributed by atoms with E-state index in [-0.39, 0.29) is 15.6 Å². The molecule has 0 aliphatic rings. The number of benzene rings is 1. The first-order valence-electron chi connectivity index (χ1n) is 4.90. The number of rotatable bonds is 2. The molecule has 2 rings (SSSR count). The van der Waals surface area contributed by atoms with Crippen molar-refractivity contribution in [1.29, 1.82) is 0 Å². The molecule has 3 N–H and O–H groups in total. The second kappa shape index (κ2) is 5.32. The van der Waals surface area contributed by atoms with Gasteiger partial charge in [-0.2, -0.15) is 0 Å². The molecule has 0 fully saturated rings. The molecule has 0 atom stereocenters. The van der Waals surface area contributed by atoms with Gasteiger partial charge in [0, 0.05) is 0 Å². The van der Waals surface area contributed by atoms with Gasteiger partial charge in [0.05, 0.1) is 15.6 Å². The lowest BCUT2D eigenvalue weighted by atomic mass is 10.2. The van der Waals surface area contributed by atoms with Gasteiger partial charge >= 0.3 is 0 Å². The highest BCUT2D eigenvalue weighted by Crippen LogP contribution is 2.32. The van der Waals surface area contributed by atoms with E-state index in [1.54, 1.807) is 0 Å². The van der Waals surface area contributed by atoms with Crippen LogP contribution in [0.2, 0.25) is 8.67 Å². The van der Waals surface area contributed by atoms with E-state index in [9.17, 15) is 13.6 Å². The quantitative estimate of drug-likeness (QED) is 0.815. The lowest BCUT2D eigenvalue weighted by Gasteiger charge is -2.09. The van der Waals surface area contributed by atoms with Crippen LogP contribution < -0.4 is 11.1 Å². The summed E-state index contributed by atoms with van der Waals surface area (Å²) in [5.41, 5.74) is 5.03. The van der Waals surface area contributed by atoms with Gasteiger partial charge in [-0.05, 0) is 18.2 Å². The van der Waals surface area contributed by atoms with Crippen LogP contribution in [0.25, 0.3) is 0 Å². The summed E-state index contributed by atoms with van der Waals surface area (Å²) in [6.45, 7) is 0. The van der Waals surface area contributed by atoms with Crippen LogP contribution in [-0.4, -0.2) is 5.91 Å². The molecule has 0 radical (unpaired) electrons. The first-order valence-corrected chi connectivity index (χ1v) is 6.47. The number of nitrogens with two attached hydrogens (primary N) is 1. The zero-order valence-electron chi connectivity index (χ0n) is 9.14. The fourth-order valence-electron chi connectivity index (χ4n) is 1.37. The van der Waals surface area contributed by atoms with E-state index in [1.807, 2.05) is 0 Å². The van der Waals surface area contributed by atoms with Crippen LogP contribution in [0, 0.1) is 11.6 Å². The summed E-state index contributed by atoms with van der Waals surface area (Å²) in [7, 11) is 0. The summed E-state index contributed by atoms with van der Waals surface area (Å²) in [5, 5.41) is 2.17. The van der Waals surface area contributed by atoms with Crippen molar-refractivity contribution in [2.75, 3.05) is 11.1 Å². The summed E-state index contributed by atoms with van der Waals surface area (Å²) in [6, 6.07) is 3.35. The lowest BCUT2D eigenvalue weighted by molar-refractivity contribution is 0.102. The van der Waals surface area contributed by atoms with Crippen LogP contribution in [0.5, 0.6) is 0 Å². The van der Waals surface area contributed by atoms with E-state index < -0.39 is 23.2 Å². The lowest BCUT2D eigenvalue weighted by Crippen LogP contribution is -2.14. The molecule has 0 saturated heterocycles. The Bertz CT molecular complexity index is 660. The smallest absolute Gasteiger partial charge is 0.258 e. The third-order valence-corrected chi connectivity index (χ3v) is 3.75. The summed E-state index contributed by atoms with van der Waals surface area (Å²) in [5.74, 6) is -3.06.